The molecule has 2 N–H and O–H groups in total. The van der Waals surface area contributed by atoms with E-state index in [1.807, 2.05) is 30.3 Å². The maximum atomic E-state index is 9.96. The first-order valence-corrected chi connectivity index (χ1v) is 5.99. The van der Waals surface area contributed by atoms with Crippen LogP contribution in [0.15, 0.2) is 42.5 Å². The van der Waals surface area contributed by atoms with Crippen molar-refractivity contribution in [3.05, 3.63) is 48.0 Å². The van der Waals surface area contributed by atoms with Crippen LogP contribution in [0.4, 0.5) is 0 Å². The van der Waals surface area contributed by atoms with Crippen molar-refractivity contribution in [2.45, 2.75) is 31.4 Å². The Morgan fingerprint density at radius 1 is 1.31 bits per heavy atom. The standard InChI is InChI=1S/C14H19NO/c16-14(12-7-3-1-4-8-12)11-15-13-9-5-2-6-10-13/h1,3-5,7-9,13-16H,2,6,10-11H2. The largest absolute Gasteiger partial charge is 0.387 e. The number of allylic oxidation sites excluding steroid dienone is 1. The molecule has 2 nitrogen and oxygen atoms in total. The number of rotatable bonds is 4. The molecule has 1 aromatic carbocycles. The summed E-state index contributed by atoms with van der Waals surface area (Å²) in [5.41, 5.74) is 0.981. The summed E-state index contributed by atoms with van der Waals surface area (Å²) in [6.07, 6.45) is 7.64. The van der Waals surface area contributed by atoms with Gasteiger partial charge in [0.2, 0.25) is 0 Å². The fourth-order valence-corrected chi connectivity index (χ4v) is 2.04. The Labute approximate surface area is 97.0 Å². The lowest BCUT2D eigenvalue weighted by Crippen LogP contribution is -2.32. The predicted molar refractivity (Wildman–Crippen MR) is 66.2 cm³/mol. The Morgan fingerprint density at radius 2 is 2.12 bits per heavy atom. The zero-order valence-corrected chi connectivity index (χ0v) is 9.47. The van der Waals surface area contributed by atoms with Gasteiger partial charge in [-0.15, -0.1) is 0 Å². The van der Waals surface area contributed by atoms with Gasteiger partial charge >= 0.3 is 0 Å². The van der Waals surface area contributed by atoms with Gasteiger partial charge < -0.3 is 10.4 Å². The molecule has 0 saturated heterocycles. The highest BCUT2D eigenvalue weighted by Crippen LogP contribution is 2.13. The zero-order valence-electron chi connectivity index (χ0n) is 9.47. The minimum atomic E-state index is -0.406. The van der Waals surface area contributed by atoms with Gasteiger partial charge in [0.15, 0.2) is 0 Å². The van der Waals surface area contributed by atoms with Crippen LogP contribution in [0, 0.1) is 0 Å². The monoisotopic (exact) mass is 217 g/mol. The van der Waals surface area contributed by atoms with Gasteiger partial charge in [-0.3, -0.25) is 0 Å². The Hall–Kier alpha value is -1.12. The van der Waals surface area contributed by atoms with E-state index in [2.05, 4.69) is 17.5 Å². The quantitative estimate of drug-likeness (QED) is 0.759. The number of aliphatic hydroxyl groups is 1. The van der Waals surface area contributed by atoms with Crippen molar-refractivity contribution in [3.8, 4) is 0 Å². The predicted octanol–water partition coefficient (Wildman–Crippen LogP) is 2.42. The molecular weight excluding hydrogens is 198 g/mol. The highest BCUT2D eigenvalue weighted by atomic mass is 16.3. The van der Waals surface area contributed by atoms with Crippen LogP contribution < -0.4 is 5.32 Å². The molecule has 2 atom stereocenters. The summed E-state index contributed by atoms with van der Waals surface area (Å²) >= 11 is 0. The maximum Gasteiger partial charge on any atom is 0.0914 e. The van der Waals surface area contributed by atoms with Crippen molar-refractivity contribution in [3.63, 3.8) is 0 Å². The van der Waals surface area contributed by atoms with E-state index in [9.17, 15) is 5.11 Å². The van der Waals surface area contributed by atoms with Gasteiger partial charge in [0.25, 0.3) is 0 Å². The zero-order chi connectivity index (χ0) is 11.2. The first-order valence-electron chi connectivity index (χ1n) is 5.99. The second-order valence-electron chi connectivity index (χ2n) is 4.30. The molecule has 1 aliphatic carbocycles. The molecule has 0 spiro atoms. The normalized spacial score (nSPS) is 21.9. The summed E-state index contributed by atoms with van der Waals surface area (Å²) in [6.45, 7) is 0.624. The van der Waals surface area contributed by atoms with E-state index in [0.29, 0.717) is 12.6 Å². The van der Waals surface area contributed by atoms with Gasteiger partial charge in [-0.2, -0.15) is 0 Å². The van der Waals surface area contributed by atoms with Gasteiger partial charge in [-0.25, -0.2) is 0 Å². The van der Waals surface area contributed by atoms with Gasteiger partial charge in [0, 0.05) is 12.6 Å². The first kappa shape index (κ1) is 11.4. The van der Waals surface area contributed by atoms with E-state index in [4.69, 9.17) is 0 Å². The van der Waals surface area contributed by atoms with Crippen LogP contribution in [0.2, 0.25) is 0 Å². The lowest BCUT2D eigenvalue weighted by Gasteiger charge is -2.20. The minimum absolute atomic E-state index is 0.406. The summed E-state index contributed by atoms with van der Waals surface area (Å²) in [5.74, 6) is 0. The molecule has 0 aliphatic heterocycles. The van der Waals surface area contributed by atoms with E-state index in [1.165, 1.54) is 19.3 Å². The topological polar surface area (TPSA) is 32.3 Å². The summed E-state index contributed by atoms with van der Waals surface area (Å²) in [7, 11) is 0. The van der Waals surface area contributed by atoms with E-state index >= 15 is 0 Å². The van der Waals surface area contributed by atoms with Crippen molar-refractivity contribution in [1.82, 2.24) is 5.32 Å². The van der Waals surface area contributed by atoms with Crippen molar-refractivity contribution in [2.24, 2.45) is 0 Å². The van der Waals surface area contributed by atoms with Gasteiger partial charge in [-0.1, -0.05) is 42.5 Å². The fourth-order valence-electron chi connectivity index (χ4n) is 2.04. The molecule has 1 aromatic rings. The number of aliphatic hydroxyl groups excluding tert-OH is 1. The van der Waals surface area contributed by atoms with Crippen LogP contribution in [-0.4, -0.2) is 17.7 Å². The molecule has 16 heavy (non-hydrogen) atoms. The summed E-state index contributed by atoms with van der Waals surface area (Å²) in [5, 5.41) is 13.3. The van der Waals surface area contributed by atoms with Crippen LogP contribution in [0.1, 0.15) is 30.9 Å². The fraction of sp³-hybridized carbons (Fsp3) is 0.429. The molecule has 0 amide bonds. The van der Waals surface area contributed by atoms with Crippen molar-refractivity contribution < 1.29 is 5.11 Å². The Morgan fingerprint density at radius 3 is 2.81 bits per heavy atom. The Balaban J connectivity index is 1.81. The van der Waals surface area contributed by atoms with Gasteiger partial charge in [0.1, 0.15) is 0 Å². The molecule has 1 aliphatic rings. The average Bonchev–Trinajstić information content (AvgIpc) is 2.38. The molecule has 0 saturated carbocycles. The summed E-state index contributed by atoms with van der Waals surface area (Å²) < 4.78 is 0. The molecular formula is C14H19NO. The highest BCUT2D eigenvalue weighted by Gasteiger charge is 2.11. The number of benzene rings is 1. The van der Waals surface area contributed by atoms with E-state index < -0.39 is 6.10 Å². The molecule has 0 fully saturated rings. The van der Waals surface area contributed by atoms with E-state index in [-0.39, 0.29) is 0 Å². The van der Waals surface area contributed by atoms with Crippen molar-refractivity contribution >= 4 is 0 Å². The van der Waals surface area contributed by atoms with Crippen LogP contribution in [0.3, 0.4) is 0 Å². The van der Waals surface area contributed by atoms with Crippen molar-refractivity contribution in [2.75, 3.05) is 6.54 Å². The second-order valence-corrected chi connectivity index (χ2v) is 4.30. The van der Waals surface area contributed by atoms with Crippen LogP contribution in [-0.2, 0) is 0 Å². The Bertz CT molecular complexity index is 334. The number of nitrogens with one attached hydrogen (secondary N) is 1. The van der Waals surface area contributed by atoms with E-state index in [1.54, 1.807) is 0 Å². The average molecular weight is 217 g/mol. The van der Waals surface area contributed by atoms with E-state index in [0.717, 1.165) is 5.56 Å². The van der Waals surface area contributed by atoms with Gasteiger partial charge in [0.05, 0.1) is 6.10 Å². The summed E-state index contributed by atoms with van der Waals surface area (Å²) in [6, 6.07) is 10.2. The molecule has 0 aromatic heterocycles. The molecule has 0 radical (unpaired) electrons. The highest BCUT2D eigenvalue weighted by molar-refractivity contribution is 5.17. The smallest absolute Gasteiger partial charge is 0.0914 e. The van der Waals surface area contributed by atoms with Crippen LogP contribution >= 0.6 is 0 Å². The third-order valence-electron chi connectivity index (χ3n) is 3.01. The minimum Gasteiger partial charge on any atom is -0.387 e. The van der Waals surface area contributed by atoms with Crippen LogP contribution in [0.25, 0.3) is 0 Å². The Kier molecular flexibility index (Phi) is 4.14. The lowest BCUT2D eigenvalue weighted by atomic mass is 10.0. The third-order valence-corrected chi connectivity index (χ3v) is 3.01. The molecule has 0 bridgehead atoms. The molecule has 0 heterocycles. The number of hydrogen-bond acceptors (Lipinski definition) is 2. The number of hydrogen-bond donors (Lipinski definition) is 2. The van der Waals surface area contributed by atoms with Gasteiger partial charge in [-0.05, 0) is 24.8 Å². The second kappa shape index (κ2) is 5.83. The SMILES string of the molecule is OC(CNC1C=CCCC1)c1ccccc1. The molecule has 2 unspecified atom stereocenters. The maximum absolute atomic E-state index is 9.96. The first-order chi connectivity index (χ1) is 7.86. The molecule has 2 rings (SSSR count). The lowest BCUT2D eigenvalue weighted by molar-refractivity contribution is 0.171. The molecule has 86 valence electrons. The van der Waals surface area contributed by atoms with Crippen molar-refractivity contribution in [1.29, 1.82) is 0 Å². The third kappa shape index (κ3) is 3.19. The summed E-state index contributed by atoms with van der Waals surface area (Å²) in [4.78, 5) is 0. The molecule has 2 heteroatoms. The van der Waals surface area contributed by atoms with Crippen LogP contribution in [0.5, 0.6) is 0 Å².